The van der Waals surface area contributed by atoms with E-state index in [2.05, 4.69) is 31.0 Å². The maximum atomic E-state index is 5.51. The van der Waals surface area contributed by atoms with Crippen LogP contribution in [0.15, 0.2) is 28.0 Å². The standard InChI is InChI=1S/C13H16BrN3O2/c14-10-1-2-12(15-8-10)13-7-11(19-16-13)9-17-3-5-18-6-4-17/h1-2,8,11H,3-7,9H2. The Morgan fingerprint density at radius 1 is 1.32 bits per heavy atom. The van der Waals surface area contributed by atoms with Crippen molar-refractivity contribution in [2.75, 3.05) is 32.8 Å². The second kappa shape index (κ2) is 5.98. The van der Waals surface area contributed by atoms with Crippen molar-refractivity contribution in [1.29, 1.82) is 0 Å². The fourth-order valence-electron chi connectivity index (χ4n) is 2.30. The molecule has 1 fully saturated rings. The van der Waals surface area contributed by atoms with Crippen LogP contribution < -0.4 is 0 Å². The number of hydrogen-bond acceptors (Lipinski definition) is 5. The Labute approximate surface area is 120 Å². The van der Waals surface area contributed by atoms with Gasteiger partial charge in [-0.15, -0.1) is 0 Å². The number of oxime groups is 1. The first-order valence-electron chi connectivity index (χ1n) is 6.46. The smallest absolute Gasteiger partial charge is 0.145 e. The SMILES string of the molecule is Brc1ccc(C2=NOC(CN3CCOCC3)C2)nc1. The van der Waals surface area contributed by atoms with Crippen molar-refractivity contribution in [1.82, 2.24) is 9.88 Å². The van der Waals surface area contributed by atoms with Crippen LogP contribution in [-0.2, 0) is 9.57 Å². The maximum absolute atomic E-state index is 5.51. The van der Waals surface area contributed by atoms with Crippen LogP contribution in [0.5, 0.6) is 0 Å². The van der Waals surface area contributed by atoms with Gasteiger partial charge in [0.1, 0.15) is 11.8 Å². The van der Waals surface area contributed by atoms with E-state index in [4.69, 9.17) is 9.57 Å². The van der Waals surface area contributed by atoms with Gasteiger partial charge in [-0.2, -0.15) is 0 Å². The highest BCUT2D eigenvalue weighted by Gasteiger charge is 2.25. The van der Waals surface area contributed by atoms with Gasteiger partial charge < -0.3 is 9.57 Å². The Hall–Kier alpha value is -0.980. The molecule has 1 saturated heterocycles. The van der Waals surface area contributed by atoms with Gasteiger partial charge in [0.2, 0.25) is 0 Å². The van der Waals surface area contributed by atoms with Gasteiger partial charge in [0.25, 0.3) is 0 Å². The number of pyridine rings is 1. The van der Waals surface area contributed by atoms with Crippen LogP contribution >= 0.6 is 15.9 Å². The van der Waals surface area contributed by atoms with Crippen molar-refractivity contribution >= 4 is 21.6 Å². The van der Waals surface area contributed by atoms with E-state index in [1.54, 1.807) is 6.20 Å². The van der Waals surface area contributed by atoms with Gasteiger partial charge in [-0.3, -0.25) is 9.88 Å². The predicted molar refractivity (Wildman–Crippen MR) is 75.2 cm³/mol. The van der Waals surface area contributed by atoms with Crippen LogP contribution in [0.1, 0.15) is 12.1 Å². The lowest BCUT2D eigenvalue weighted by atomic mass is 10.1. The molecule has 0 amide bonds. The summed E-state index contributed by atoms with van der Waals surface area (Å²) in [6.07, 6.45) is 2.75. The molecule has 0 radical (unpaired) electrons. The molecule has 1 aromatic rings. The minimum Gasteiger partial charge on any atom is -0.390 e. The van der Waals surface area contributed by atoms with Gasteiger partial charge in [0, 0.05) is 36.7 Å². The fraction of sp³-hybridized carbons (Fsp3) is 0.538. The monoisotopic (exact) mass is 325 g/mol. The molecule has 5 nitrogen and oxygen atoms in total. The summed E-state index contributed by atoms with van der Waals surface area (Å²) in [4.78, 5) is 12.2. The van der Waals surface area contributed by atoms with Crippen LogP contribution in [0.4, 0.5) is 0 Å². The van der Waals surface area contributed by atoms with Crippen molar-refractivity contribution in [2.45, 2.75) is 12.5 Å². The van der Waals surface area contributed by atoms with E-state index in [-0.39, 0.29) is 6.10 Å². The summed E-state index contributed by atoms with van der Waals surface area (Å²) >= 11 is 3.38. The highest BCUT2D eigenvalue weighted by molar-refractivity contribution is 9.10. The molecule has 0 N–H and O–H groups in total. The van der Waals surface area contributed by atoms with Crippen molar-refractivity contribution in [3.05, 3.63) is 28.5 Å². The first kappa shape index (κ1) is 13.0. The first-order valence-corrected chi connectivity index (χ1v) is 7.25. The third-order valence-corrected chi connectivity index (χ3v) is 3.79. The molecule has 0 bridgehead atoms. The molecule has 1 atom stereocenters. The zero-order valence-corrected chi connectivity index (χ0v) is 12.2. The quantitative estimate of drug-likeness (QED) is 0.848. The third-order valence-electron chi connectivity index (χ3n) is 3.32. The van der Waals surface area contributed by atoms with Crippen LogP contribution in [0.3, 0.4) is 0 Å². The highest BCUT2D eigenvalue weighted by Crippen LogP contribution is 2.18. The highest BCUT2D eigenvalue weighted by atomic mass is 79.9. The minimum absolute atomic E-state index is 0.138. The van der Waals surface area contributed by atoms with Crippen LogP contribution in [-0.4, -0.2) is 54.5 Å². The summed E-state index contributed by atoms with van der Waals surface area (Å²) in [5, 5.41) is 4.16. The molecular weight excluding hydrogens is 310 g/mol. The molecule has 1 aromatic heterocycles. The predicted octanol–water partition coefficient (Wildman–Crippen LogP) is 1.67. The van der Waals surface area contributed by atoms with E-state index in [1.807, 2.05) is 12.1 Å². The van der Waals surface area contributed by atoms with Gasteiger partial charge in [-0.1, -0.05) is 5.16 Å². The van der Waals surface area contributed by atoms with Gasteiger partial charge in [-0.25, -0.2) is 0 Å². The average Bonchev–Trinajstić information content (AvgIpc) is 2.89. The Morgan fingerprint density at radius 2 is 2.16 bits per heavy atom. The molecule has 0 aromatic carbocycles. The molecule has 2 aliphatic heterocycles. The lowest BCUT2D eigenvalue weighted by molar-refractivity contribution is -0.0000387. The van der Waals surface area contributed by atoms with Gasteiger partial charge in [0.05, 0.1) is 18.9 Å². The van der Waals surface area contributed by atoms with E-state index in [9.17, 15) is 0 Å². The van der Waals surface area contributed by atoms with Crippen LogP contribution in [0.2, 0.25) is 0 Å². The van der Waals surface area contributed by atoms with Crippen molar-refractivity contribution in [3.63, 3.8) is 0 Å². The molecule has 2 aliphatic rings. The lowest BCUT2D eigenvalue weighted by Gasteiger charge is -2.27. The molecule has 6 heteroatoms. The zero-order chi connectivity index (χ0) is 13.1. The molecule has 3 rings (SSSR count). The Bertz CT molecular complexity index is 457. The summed E-state index contributed by atoms with van der Waals surface area (Å²) in [5.41, 5.74) is 1.83. The summed E-state index contributed by atoms with van der Waals surface area (Å²) in [6.45, 7) is 4.49. The molecule has 0 aliphatic carbocycles. The van der Waals surface area contributed by atoms with E-state index < -0.39 is 0 Å². The molecule has 19 heavy (non-hydrogen) atoms. The van der Waals surface area contributed by atoms with Crippen molar-refractivity contribution in [3.8, 4) is 0 Å². The molecule has 0 spiro atoms. The second-order valence-corrected chi connectivity index (χ2v) is 5.66. The Balaban J connectivity index is 1.55. The number of morpholine rings is 1. The maximum Gasteiger partial charge on any atom is 0.145 e. The zero-order valence-electron chi connectivity index (χ0n) is 10.6. The fourth-order valence-corrected chi connectivity index (χ4v) is 2.53. The lowest BCUT2D eigenvalue weighted by Crippen LogP contribution is -2.41. The van der Waals surface area contributed by atoms with Crippen LogP contribution in [0, 0.1) is 0 Å². The normalized spacial score (nSPS) is 24.1. The largest absolute Gasteiger partial charge is 0.390 e. The number of hydrogen-bond donors (Lipinski definition) is 0. The van der Waals surface area contributed by atoms with Crippen molar-refractivity contribution < 1.29 is 9.57 Å². The number of rotatable bonds is 3. The van der Waals surface area contributed by atoms with E-state index in [0.29, 0.717) is 0 Å². The van der Waals surface area contributed by atoms with E-state index in [0.717, 1.165) is 55.1 Å². The summed E-state index contributed by atoms with van der Waals surface area (Å²) in [7, 11) is 0. The Morgan fingerprint density at radius 3 is 2.89 bits per heavy atom. The van der Waals surface area contributed by atoms with Gasteiger partial charge in [-0.05, 0) is 28.1 Å². The molecular formula is C13H16BrN3O2. The number of ether oxygens (including phenoxy) is 1. The summed E-state index contributed by atoms with van der Waals surface area (Å²) < 4.78 is 6.31. The summed E-state index contributed by atoms with van der Waals surface area (Å²) in [5.74, 6) is 0. The summed E-state index contributed by atoms with van der Waals surface area (Å²) in [6, 6.07) is 3.93. The minimum atomic E-state index is 0.138. The first-order chi connectivity index (χ1) is 9.31. The topological polar surface area (TPSA) is 47.0 Å². The molecule has 1 unspecified atom stereocenters. The number of nitrogens with zero attached hydrogens (tertiary/aromatic N) is 3. The van der Waals surface area contributed by atoms with Gasteiger partial charge >= 0.3 is 0 Å². The van der Waals surface area contributed by atoms with Crippen LogP contribution in [0.25, 0.3) is 0 Å². The number of aromatic nitrogens is 1. The Kier molecular flexibility index (Phi) is 4.10. The molecule has 102 valence electrons. The van der Waals surface area contributed by atoms with E-state index in [1.165, 1.54) is 0 Å². The molecule has 0 saturated carbocycles. The third kappa shape index (κ3) is 3.32. The van der Waals surface area contributed by atoms with Gasteiger partial charge in [0.15, 0.2) is 0 Å². The second-order valence-electron chi connectivity index (χ2n) is 4.74. The number of halogens is 1. The average molecular weight is 326 g/mol. The molecule has 3 heterocycles. The van der Waals surface area contributed by atoms with E-state index >= 15 is 0 Å². The van der Waals surface area contributed by atoms with Crippen molar-refractivity contribution in [2.24, 2.45) is 5.16 Å².